The summed E-state index contributed by atoms with van der Waals surface area (Å²) in [4.78, 5) is 2.34. The van der Waals surface area contributed by atoms with Crippen LogP contribution >= 0.6 is 0 Å². The maximum atomic E-state index is 10.3. The van der Waals surface area contributed by atoms with E-state index < -0.39 is 6.10 Å². The first-order valence-electron chi connectivity index (χ1n) is 8.76. The minimum atomic E-state index is -0.458. The van der Waals surface area contributed by atoms with Gasteiger partial charge in [-0.1, -0.05) is 12.1 Å². The van der Waals surface area contributed by atoms with Crippen molar-refractivity contribution in [2.24, 2.45) is 5.92 Å². The van der Waals surface area contributed by atoms with Crippen molar-refractivity contribution >= 4 is 0 Å². The highest BCUT2D eigenvalue weighted by atomic mass is 16.5. The molecule has 4 heteroatoms. The number of ether oxygens (including phenoxy) is 2. The van der Waals surface area contributed by atoms with Gasteiger partial charge in [0.25, 0.3) is 0 Å². The van der Waals surface area contributed by atoms with Crippen LogP contribution in [0.1, 0.15) is 30.9 Å². The Morgan fingerprint density at radius 1 is 1.35 bits per heavy atom. The van der Waals surface area contributed by atoms with Gasteiger partial charge in [-0.2, -0.15) is 0 Å². The lowest BCUT2D eigenvalue weighted by Gasteiger charge is -2.33. The lowest BCUT2D eigenvalue weighted by molar-refractivity contribution is 0.0300. The molecule has 0 aliphatic carbocycles. The minimum absolute atomic E-state index is 0.344. The molecule has 2 unspecified atom stereocenters. The third-order valence-corrected chi connectivity index (χ3v) is 4.40. The van der Waals surface area contributed by atoms with E-state index in [4.69, 9.17) is 9.47 Å². The minimum Gasteiger partial charge on any atom is -0.491 e. The van der Waals surface area contributed by atoms with Crippen molar-refractivity contribution in [1.29, 1.82) is 0 Å². The highest BCUT2D eigenvalue weighted by Gasteiger charge is 2.22. The molecule has 130 valence electrons. The van der Waals surface area contributed by atoms with Crippen molar-refractivity contribution in [2.45, 2.75) is 39.7 Å². The van der Waals surface area contributed by atoms with Crippen molar-refractivity contribution in [3.63, 3.8) is 0 Å². The van der Waals surface area contributed by atoms with E-state index >= 15 is 0 Å². The van der Waals surface area contributed by atoms with Gasteiger partial charge in [0.15, 0.2) is 0 Å². The van der Waals surface area contributed by atoms with E-state index in [1.165, 1.54) is 18.4 Å². The van der Waals surface area contributed by atoms with Crippen LogP contribution in [0.15, 0.2) is 18.2 Å². The van der Waals surface area contributed by atoms with Gasteiger partial charge in [0.2, 0.25) is 0 Å². The van der Waals surface area contributed by atoms with Crippen LogP contribution in [0.25, 0.3) is 0 Å². The summed E-state index contributed by atoms with van der Waals surface area (Å²) in [5.41, 5.74) is 2.28. The summed E-state index contributed by atoms with van der Waals surface area (Å²) in [5.74, 6) is 1.47. The molecule has 23 heavy (non-hydrogen) atoms. The second kappa shape index (κ2) is 9.26. The molecule has 1 saturated heterocycles. The summed E-state index contributed by atoms with van der Waals surface area (Å²) in [5, 5.41) is 10.3. The van der Waals surface area contributed by atoms with Crippen LogP contribution in [0.4, 0.5) is 0 Å². The van der Waals surface area contributed by atoms with E-state index in [1.807, 2.05) is 19.9 Å². The molecule has 1 heterocycles. The average molecular weight is 321 g/mol. The lowest BCUT2D eigenvalue weighted by atomic mass is 9.99. The van der Waals surface area contributed by atoms with Gasteiger partial charge in [-0.3, -0.25) is 0 Å². The number of rotatable bonds is 8. The SMILES string of the molecule is CCOCC1CCCN(CC(O)COc2cc(C)ccc2C)C1. The predicted molar refractivity (Wildman–Crippen MR) is 93.1 cm³/mol. The number of aryl methyl sites for hydroxylation is 2. The molecule has 2 atom stereocenters. The molecule has 4 nitrogen and oxygen atoms in total. The molecule has 1 N–H and O–H groups in total. The Morgan fingerprint density at radius 2 is 2.17 bits per heavy atom. The largest absolute Gasteiger partial charge is 0.491 e. The van der Waals surface area contributed by atoms with E-state index in [0.29, 0.717) is 19.1 Å². The zero-order chi connectivity index (χ0) is 16.7. The number of aliphatic hydroxyl groups is 1. The Labute approximate surface area is 140 Å². The topological polar surface area (TPSA) is 41.9 Å². The van der Waals surface area contributed by atoms with Gasteiger partial charge in [-0.05, 0) is 63.3 Å². The van der Waals surface area contributed by atoms with Gasteiger partial charge >= 0.3 is 0 Å². The van der Waals surface area contributed by atoms with E-state index in [0.717, 1.165) is 37.6 Å². The van der Waals surface area contributed by atoms with E-state index in [9.17, 15) is 5.11 Å². The third-order valence-electron chi connectivity index (χ3n) is 4.40. The third kappa shape index (κ3) is 6.13. The van der Waals surface area contributed by atoms with Crippen molar-refractivity contribution in [2.75, 3.05) is 39.5 Å². The molecule has 0 aromatic heterocycles. The fraction of sp³-hybridized carbons (Fsp3) is 0.684. The summed E-state index contributed by atoms with van der Waals surface area (Å²) in [7, 11) is 0. The number of likely N-dealkylation sites (tertiary alicyclic amines) is 1. The Morgan fingerprint density at radius 3 is 2.96 bits per heavy atom. The molecule has 1 aliphatic rings. The summed E-state index contributed by atoms with van der Waals surface area (Å²) >= 11 is 0. The highest BCUT2D eigenvalue weighted by molar-refractivity contribution is 5.35. The number of benzene rings is 1. The second-order valence-electron chi connectivity index (χ2n) is 6.66. The Hall–Kier alpha value is -1.10. The number of piperidine rings is 1. The smallest absolute Gasteiger partial charge is 0.122 e. The molecule has 0 spiro atoms. The van der Waals surface area contributed by atoms with Crippen molar-refractivity contribution in [1.82, 2.24) is 4.90 Å². The van der Waals surface area contributed by atoms with Crippen molar-refractivity contribution in [3.8, 4) is 5.75 Å². The number of β-amino-alcohol motifs (C(OH)–C–C–N with tert-alkyl or cyclic N) is 1. The van der Waals surface area contributed by atoms with Gasteiger partial charge < -0.3 is 19.5 Å². The van der Waals surface area contributed by atoms with E-state index in [-0.39, 0.29) is 0 Å². The number of hydrogen-bond acceptors (Lipinski definition) is 4. The normalized spacial score (nSPS) is 20.4. The molecule has 2 rings (SSSR count). The molecule has 0 bridgehead atoms. The number of hydrogen-bond donors (Lipinski definition) is 1. The monoisotopic (exact) mass is 321 g/mol. The maximum absolute atomic E-state index is 10.3. The molecule has 1 aromatic carbocycles. The standard InChI is InChI=1S/C19H31NO3/c1-4-22-13-17-6-5-9-20(11-17)12-18(21)14-23-19-10-15(2)7-8-16(19)3/h7-8,10,17-18,21H,4-6,9,11-14H2,1-3H3. The zero-order valence-electron chi connectivity index (χ0n) is 14.8. The molecule has 1 aromatic rings. The van der Waals surface area contributed by atoms with Gasteiger partial charge in [-0.15, -0.1) is 0 Å². The Balaban J connectivity index is 1.75. The first kappa shape index (κ1) is 18.2. The molecular weight excluding hydrogens is 290 g/mol. The van der Waals surface area contributed by atoms with E-state index in [2.05, 4.69) is 24.0 Å². The van der Waals surface area contributed by atoms with Crippen molar-refractivity contribution in [3.05, 3.63) is 29.3 Å². The van der Waals surface area contributed by atoms with Gasteiger partial charge in [0, 0.05) is 19.7 Å². The van der Waals surface area contributed by atoms with Crippen LogP contribution in [-0.4, -0.2) is 55.6 Å². The molecule has 0 radical (unpaired) electrons. The van der Waals surface area contributed by atoms with Crippen LogP contribution < -0.4 is 4.74 Å². The number of nitrogens with zero attached hydrogens (tertiary/aromatic N) is 1. The molecule has 0 amide bonds. The van der Waals surface area contributed by atoms with Crippen LogP contribution in [0.5, 0.6) is 5.75 Å². The first-order chi connectivity index (χ1) is 11.1. The lowest BCUT2D eigenvalue weighted by Crippen LogP contribution is -2.42. The maximum Gasteiger partial charge on any atom is 0.122 e. The van der Waals surface area contributed by atoms with Crippen molar-refractivity contribution < 1.29 is 14.6 Å². The highest BCUT2D eigenvalue weighted by Crippen LogP contribution is 2.20. The van der Waals surface area contributed by atoms with Gasteiger partial charge in [0.1, 0.15) is 18.5 Å². The summed E-state index contributed by atoms with van der Waals surface area (Å²) in [6, 6.07) is 6.16. The zero-order valence-corrected chi connectivity index (χ0v) is 14.8. The van der Waals surface area contributed by atoms with E-state index in [1.54, 1.807) is 0 Å². The van der Waals surface area contributed by atoms with Crippen LogP contribution in [-0.2, 0) is 4.74 Å². The summed E-state index contributed by atoms with van der Waals surface area (Å²) in [6.45, 7) is 10.8. The summed E-state index contributed by atoms with van der Waals surface area (Å²) < 4.78 is 11.4. The van der Waals surface area contributed by atoms with Gasteiger partial charge in [-0.25, -0.2) is 0 Å². The van der Waals surface area contributed by atoms with Crippen LogP contribution in [0.2, 0.25) is 0 Å². The fourth-order valence-corrected chi connectivity index (χ4v) is 3.14. The van der Waals surface area contributed by atoms with Crippen LogP contribution in [0, 0.1) is 19.8 Å². The second-order valence-corrected chi connectivity index (χ2v) is 6.66. The average Bonchev–Trinajstić information content (AvgIpc) is 2.54. The molecule has 1 aliphatic heterocycles. The predicted octanol–water partition coefficient (Wildman–Crippen LogP) is 2.79. The molecule has 0 saturated carbocycles. The van der Waals surface area contributed by atoms with Crippen LogP contribution in [0.3, 0.4) is 0 Å². The first-order valence-corrected chi connectivity index (χ1v) is 8.76. The Bertz CT molecular complexity index is 478. The summed E-state index contributed by atoms with van der Waals surface area (Å²) in [6.07, 6.45) is 1.95. The molecule has 1 fully saturated rings. The molecular formula is C19H31NO3. The van der Waals surface area contributed by atoms with Gasteiger partial charge in [0.05, 0.1) is 6.61 Å². The quantitative estimate of drug-likeness (QED) is 0.799. The fourth-order valence-electron chi connectivity index (χ4n) is 3.14. The Kier molecular flexibility index (Phi) is 7.34. The number of aliphatic hydroxyl groups excluding tert-OH is 1.